The van der Waals surface area contributed by atoms with Gasteiger partial charge < -0.3 is 24.7 Å². The van der Waals surface area contributed by atoms with Crippen molar-refractivity contribution in [3.8, 4) is 11.5 Å². The molecule has 0 aliphatic heterocycles. The Morgan fingerprint density at radius 3 is 2.40 bits per heavy atom. The molecule has 0 aromatic heterocycles. The van der Waals surface area contributed by atoms with Crippen LogP contribution in [0.15, 0.2) is 66.7 Å². The largest absolute Gasteiger partial charge is 0.507 e. The average Bonchev–Trinajstić information content (AvgIpc) is 2.90. The number of anilines is 1. The minimum atomic E-state index is -0.779. The maximum atomic E-state index is 13.5. The molecule has 0 amide bonds. The summed E-state index contributed by atoms with van der Waals surface area (Å²) in [6.07, 6.45) is 0.630. The van der Waals surface area contributed by atoms with Crippen LogP contribution < -0.4 is 10.1 Å². The molecular weight excluding hydrogens is 446 g/mol. The van der Waals surface area contributed by atoms with E-state index in [1.165, 1.54) is 19.2 Å². The molecule has 182 valence electrons. The van der Waals surface area contributed by atoms with Gasteiger partial charge in [-0.3, -0.25) is 4.79 Å². The van der Waals surface area contributed by atoms with Crippen LogP contribution in [0.1, 0.15) is 52.2 Å². The van der Waals surface area contributed by atoms with E-state index >= 15 is 0 Å². The molecule has 0 saturated heterocycles. The zero-order valence-corrected chi connectivity index (χ0v) is 20.0. The Labute approximate surface area is 204 Å². The Morgan fingerprint density at radius 2 is 1.74 bits per heavy atom. The molecule has 0 spiro atoms. The second-order valence-electron chi connectivity index (χ2n) is 8.13. The number of ketones is 1. The van der Waals surface area contributed by atoms with Crippen LogP contribution in [-0.4, -0.2) is 37.3 Å². The molecule has 2 unspecified atom stereocenters. The Kier molecular flexibility index (Phi) is 8.62. The summed E-state index contributed by atoms with van der Waals surface area (Å²) in [4.78, 5) is 36.9. The molecule has 0 saturated carbocycles. The van der Waals surface area contributed by atoms with Gasteiger partial charge in [0.05, 0.1) is 12.8 Å². The molecule has 0 aliphatic rings. The lowest BCUT2D eigenvalue weighted by Gasteiger charge is -2.21. The number of Topliss-reactive ketones (excluding diaryl/α,β-unsaturated/α-hetero) is 1. The lowest BCUT2D eigenvalue weighted by Crippen LogP contribution is -2.20. The first kappa shape index (κ1) is 25.5. The smallest absolute Gasteiger partial charge is 0.341 e. The number of phenols is 1. The van der Waals surface area contributed by atoms with Crippen LogP contribution in [0.4, 0.5) is 5.69 Å². The molecule has 2 atom stereocenters. The molecule has 0 fully saturated rings. The SMILES string of the molecule is CNc1cc(C(C)C(=O)C(CC=O)c2ccc(O)c(C(=O)OC)c2)ccc1OCc1ccccc1. The van der Waals surface area contributed by atoms with Crippen LogP contribution >= 0.6 is 0 Å². The Balaban J connectivity index is 1.84. The number of carbonyl (C=O) groups excluding carboxylic acids is 3. The van der Waals surface area contributed by atoms with Gasteiger partial charge in [0.15, 0.2) is 0 Å². The first-order valence-electron chi connectivity index (χ1n) is 11.3. The number of benzene rings is 3. The van der Waals surface area contributed by atoms with Crippen molar-refractivity contribution < 1.29 is 29.0 Å². The molecule has 3 aromatic rings. The van der Waals surface area contributed by atoms with Gasteiger partial charge in [-0.25, -0.2) is 4.79 Å². The van der Waals surface area contributed by atoms with Crippen molar-refractivity contribution in [3.63, 3.8) is 0 Å². The van der Waals surface area contributed by atoms with E-state index in [9.17, 15) is 19.5 Å². The topological polar surface area (TPSA) is 102 Å². The second-order valence-corrected chi connectivity index (χ2v) is 8.13. The number of carbonyl (C=O) groups is 3. The lowest BCUT2D eigenvalue weighted by molar-refractivity contribution is -0.123. The van der Waals surface area contributed by atoms with Crippen molar-refractivity contribution >= 4 is 23.7 Å². The first-order chi connectivity index (χ1) is 16.9. The highest BCUT2D eigenvalue weighted by molar-refractivity contribution is 5.96. The fourth-order valence-electron chi connectivity index (χ4n) is 3.90. The fraction of sp³-hybridized carbons (Fsp3) is 0.250. The molecule has 0 bridgehead atoms. The van der Waals surface area contributed by atoms with Gasteiger partial charge in [0.25, 0.3) is 0 Å². The molecule has 7 nitrogen and oxygen atoms in total. The molecule has 3 aromatic carbocycles. The standard InChI is InChI=1S/C28H29NO6/c1-18(20-10-12-26(24(16-20)29-2)35-17-19-7-5-4-6-8-19)27(32)22(13-14-30)21-9-11-25(31)23(15-21)28(33)34-3/h4-12,14-16,18,22,29,31H,13,17H2,1-3H3. The van der Waals surface area contributed by atoms with E-state index in [1.54, 1.807) is 20.0 Å². The van der Waals surface area contributed by atoms with Crippen LogP contribution in [0.5, 0.6) is 11.5 Å². The molecule has 35 heavy (non-hydrogen) atoms. The Bertz CT molecular complexity index is 1190. The van der Waals surface area contributed by atoms with Gasteiger partial charge in [-0.05, 0) is 41.0 Å². The van der Waals surface area contributed by atoms with Gasteiger partial charge >= 0.3 is 5.97 Å². The fourth-order valence-corrected chi connectivity index (χ4v) is 3.90. The van der Waals surface area contributed by atoms with Gasteiger partial charge in [0, 0.05) is 25.3 Å². The predicted octanol–water partition coefficient (Wildman–Crippen LogP) is 4.84. The van der Waals surface area contributed by atoms with Crippen molar-refractivity contribution in [2.45, 2.75) is 31.8 Å². The van der Waals surface area contributed by atoms with Crippen LogP contribution in [0.2, 0.25) is 0 Å². The summed E-state index contributed by atoms with van der Waals surface area (Å²) in [5, 5.41) is 13.1. The molecule has 0 radical (unpaired) electrons. The van der Waals surface area contributed by atoms with Crippen LogP contribution in [0.3, 0.4) is 0 Å². The number of hydrogen-bond acceptors (Lipinski definition) is 7. The van der Waals surface area contributed by atoms with E-state index in [2.05, 4.69) is 5.32 Å². The van der Waals surface area contributed by atoms with Gasteiger partial charge in [0.1, 0.15) is 35.7 Å². The molecule has 2 N–H and O–H groups in total. The summed E-state index contributed by atoms with van der Waals surface area (Å²) in [7, 11) is 2.98. The lowest BCUT2D eigenvalue weighted by atomic mass is 9.82. The van der Waals surface area contributed by atoms with E-state index in [-0.39, 0.29) is 23.5 Å². The highest BCUT2D eigenvalue weighted by Gasteiger charge is 2.28. The molecular formula is C28H29NO6. The summed E-state index contributed by atoms with van der Waals surface area (Å²) in [6.45, 7) is 2.19. The Hall–Kier alpha value is -4.13. The molecule has 3 rings (SSSR count). The van der Waals surface area contributed by atoms with Crippen LogP contribution in [0, 0.1) is 0 Å². The number of esters is 1. The molecule has 7 heteroatoms. The number of nitrogens with one attached hydrogen (secondary N) is 1. The van der Waals surface area contributed by atoms with Crippen molar-refractivity contribution in [3.05, 3.63) is 89.0 Å². The van der Waals surface area contributed by atoms with E-state index in [4.69, 9.17) is 9.47 Å². The maximum absolute atomic E-state index is 13.5. The van der Waals surface area contributed by atoms with E-state index < -0.39 is 17.8 Å². The van der Waals surface area contributed by atoms with E-state index in [0.29, 0.717) is 24.2 Å². The van der Waals surface area contributed by atoms with E-state index in [0.717, 1.165) is 16.8 Å². The third-order valence-corrected chi connectivity index (χ3v) is 5.94. The maximum Gasteiger partial charge on any atom is 0.341 e. The summed E-state index contributed by atoms with van der Waals surface area (Å²) in [5.41, 5.74) is 2.94. The zero-order chi connectivity index (χ0) is 25.4. The number of hydrogen-bond donors (Lipinski definition) is 2. The van der Waals surface area contributed by atoms with Gasteiger partial charge in [0.2, 0.25) is 0 Å². The van der Waals surface area contributed by atoms with Crippen molar-refractivity contribution in [2.75, 3.05) is 19.5 Å². The van der Waals surface area contributed by atoms with Gasteiger partial charge in [-0.1, -0.05) is 49.4 Å². The van der Waals surface area contributed by atoms with Crippen molar-refractivity contribution in [1.29, 1.82) is 0 Å². The number of methoxy groups -OCH3 is 1. The minimum absolute atomic E-state index is 0.0499. The average molecular weight is 476 g/mol. The minimum Gasteiger partial charge on any atom is -0.507 e. The highest BCUT2D eigenvalue weighted by Crippen LogP contribution is 2.34. The van der Waals surface area contributed by atoms with E-state index in [1.807, 2.05) is 48.5 Å². The third kappa shape index (κ3) is 6.06. The monoisotopic (exact) mass is 475 g/mol. The summed E-state index contributed by atoms with van der Waals surface area (Å²) < 4.78 is 10.7. The molecule has 0 aliphatic carbocycles. The third-order valence-electron chi connectivity index (χ3n) is 5.94. The predicted molar refractivity (Wildman–Crippen MR) is 133 cm³/mol. The van der Waals surface area contributed by atoms with Crippen molar-refractivity contribution in [2.24, 2.45) is 0 Å². The number of phenolic OH excluding ortho intramolecular Hbond substituents is 1. The van der Waals surface area contributed by atoms with Crippen molar-refractivity contribution in [1.82, 2.24) is 0 Å². The summed E-state index contributed by atoms with van der Waals surface area (Å²) in [6, 6.07) is 19.6. The normalized spacial score (nSPS) is 12.3. The first-order valence-corrected chi connectivity index (χ1v) is 11.3. The zero-order valence-electron chi connectivity index (χ0n) is 20.0. The summed E-state index contributed by atoms with van der Waals surface area (Å²) in [5.74, 6) is -1.82. The highest BCUT2D eigenvalue weighted by atomic mass is 16.5. The number of aldehydes is 1. The quantitative estimate of drug-likeness (QED) is 0.302. The molecule has 0 heterocycles. The van der Waals surface area contributed by atoms with Gasteiger partial charge in [-0.2, -0.15) is 0 Å². The summed E-state index contributed by atoms with van der Waals surface area (Å²) >= 11 is 0. The number of ether oxygens (including phenoxy) is 2. The van der Waals surface area contributed by atoms with Crippen LogP contribution in [0.25, 0.3) is 0 Å². The second kappa shape index (κ2) is 11.8. The number of aromatic hydroxyl groups is 1. The number of rotatable bonds is 11. The van der Waals surface area contributed by atoms with Gasteiger partial charge in [-0.15, -0.1) is 0 Å². The Morgan fingerprint density at radius 1 is 1.03 bits per heavy atom. The van der Waals surface area contributed by atoms with Crippen LogP contribution in [-0.2, 0) is 20.9 Å².